The molecule has 4 atom stereocenters. The van der Waals surface area contributed by atoms with Crippen LogP contribution in [0.5, 0.6) is 0 Å². The number of aliphatic carboxylic acids is 1. The minimum absolute atomic E-state index is 0.00984. The van der Waals surface area contributed by atoms with Crippen molar-refractivity contribution in [1.82, 2.24) is 0 Å². The number of ether oxygens (including phenoxy) is 1. The maximum Gasteiger partial charge on any atom is 0.327 e. The number of aliphatic hydroxyl groups is 1. The summed E-state index contributed by atoms with van der Waals surface area (Å²) in [6, 6.07) is 9.90. The van der Waals surface area contributed by atoms with Gasteiger partial charge in [-0.3, -0.25) is 0 Å². The number of carboxylic acids is 1. The number of hydrogen-bond donors (Lipinski definition) is 2. The molecule has 1 saturated heterocycles. The summed E-state index contributed by atoms with van der Waals surface area (Å²) in [6.07, 6.45) is 2.33. The zero-order valence-electron chi connectivity index (χ0n) is 10.8. The average Bonchev–Trinajstić information content (AvgIpc) is 3.18. The second-order valence-electron chi connectivity index (χ2n) is 4.83. The molecule has 0 radical (unpaired) electrons. The minimum Gasteiger partial charge on any atom is -0.478 e. The van der Waals surface area contributed by atoms with E-state index in [1.54, 1.807) is 0 Å². The Balaban J connectivity index is 1.85. The molecule has 1 fully saturated rings. The first-order valence-corrected chi connectivity index (χ1v) is 6.37. The van der Waals surface area contributed by atoms with Crippen molar-refractivity contribution in [3.63, 3.8) is 0 Å². The molecular formula is C15H18O4. The van der Waals surface area contributed by atoms with Crippen LogP contribution < -0.4 is 0 Å². The Morgan fingerprint density at radius 3 is 2.74 bits per heavy atom. The number of aliphatic hydroxyl groups excluding tert-OH is 1. The van der Waals surface area contributed by atoms with Gasteiger partial charge in [-0.1, -0.05) is 43.3 Å². The van der Waals surface area contributed by atoms with Gasteiger partial charge in [0.25, 0.3) is 0 Å². The van der Waals surface area contributed by atoms with Gasteiger partial charge in [0.2, 0.25) is 0 Å². The average molecular weight is 262 g/mol. The Morgan fingerprint density at radius 1 is 1.42 bits per heavy atom. The summed E-state index contributed by atoms with van der Waals surface area (Å²) < 4.78 is 5.61. The Labute approximate surface area is 112 Å². The number of carboxylic acid groups (broad SMARTS) is 1. The predicted molar refractivity (Wildman–Crippen MR) is 70.6 cm³/mol. The van der Waals surface area contributed by atoms with Gasteiger partial charge in [0.05, 0.1) is 12.2 Å². The van der Waals surface area contributed by atoms with E-state index in [0.29, 0.717) is 6.42 Å². The van der Waals surface area contributed by atoms with E-state index in [1.807, 2.05) is 37.3 Å². The Hall–Kier alpha value is -1.65. The molecule has 0 aromatic heterocycles. The highest BCUT2D eigenvalue weighted by Crippen LogP contribution is 2.44. The number of benzene rings is 1. The largest absolute Gasteiger partial charge is 0.478 e. The van der Waals surface area contributed by atoms with Crippen LogP contribution in [0.3, 0.4) is 0 Å². The molecule has 19 heavy (non-hydrogen) atoms. The summed E-state index contributed by atoms with van der Waals surface area (Å²) in [5.74, 6) is -1.02. The molecule has 0 bridgehead atoms. The molecule has 4 nitrogen and oxygen atoms in total. The summed E-state index contributed by atoms with van der Waals surface area (Å²) in [7, 11) is 0. The van der Waals surface area contributed by atoms with Crippen molar-refractivity contribution in [1.29, 1.82) is 0 Å². The second kappa shape index (κ2) is 5.99. The molecule has 0 aliphatic carbocycles. The highest BCUT2D eigenvalue weighted by Gasteiger charge is 2.45. The Morgan fingerprint density at radius 2 is 2.11 bits per heavy atom. The van der Waals surface area contributed by atoms with Crippen LogP contribution in [-0.4, -0.2) is 28.4 Å². The Bertz CT molecular complexity index is 454. The topological polar surface area (TPSA) is 70.1 Å². The monoisotopic (exact) mass is 262 g/mol. The molecule has 1 aliphatic heterocycles. The first-order chi connectivity index (χ1) is 9.09. The standard InChI is InChI=1S/C15H18O4/c1-10(12(16)8-5-9-13(17)18)14-15(19-14)11-6-3-2-4-7-11/h2-7,9-10,12,14-16H,8H2,1H3,(H,17,18)/b9-5+/t10-,12-,14+,15+/m0/s1. The zero-order valence-corrected chi connectivity index (χ0v) is 10.8. The molecule has 1 aromatic rings. The lowest BCUT2D eigenvalue weighted by molar-refractivity contribution is -0.131. The fourth-order valence-corrected chi connectivity index (χ4v) is 2.18. The van der Waals surface area contributed by atoms with Crippen LogP contribution in [0.15, 0.2) is 42.5 Å². The molecule has 0 unspecified atom stereocenters. The highest BCUT2D eigenvalue weighted by molar-refractivity contribution is 5.79. The van der Waals surface area contributed by atoms with Crippen molar-refractivity contribution in [3.8, 4) is 0 Å². The van der Waals surface area contributed by atoms with Gasteiger partial charge >= 0.3 is 5.97 Å². The molecule has 1 heterocycles. The van der Waals surface area contributed by atoms with Gasteiger partial charge in [0.15, 0.2) is 0 Å². The van der Waals surface area contributed by atoms with E-state index in [9.17, 15) is 9.90 Å². The van der Waals surface area contributed by atoms with Crippen LogP contribution in [0.25, 0.3) is 0 Å². The number of hydrogen-bond acceptors (Lipinski definition) is 3. The zero-order chi connectivity index (χ0) is 13.8. The van der Waals surface area contributed by atoms with Crippen LogP contribution in [0.1, 0.15) is 25.0 Å². The summed E-state index contributed by atoms with van der Waals surface area (Å²) in [5.41, 5.74) is 1.12. The first kappa shape index (κ1) is 13.8. The number of epoxide rings is 1. The maximum absolute atomic E-state index is 10.3. The minimum atomic E-state index is -0.996. The van der Waals surface area contributed by atoms with Crippen LogP contribution >= 0.6 is 0 Å². The quantitative estimate of drug-likeness (QED) is 0.609. The summed E-state index contributed by atoms with van der Waals surface area (Å²) in [6.45, 7) is 1.92. The highest BCUT2D eigenvalue weighted by atomic mass is 16.6. The molecular weight excluding hydrogens is 244 g/mol. The van der Waals surface area contributed by atoms with Crippen LogP contribution in [0.4, 0.5) is 0 Å². The van der Waals surface area contributed by atoms with Gasteiger partial charge in [0.1, 0.15) is 6.10 Å². The molecule has 102 valence electrons. The van der Waals surface area contributed by atoms with Crippen molar-refractivity contribution >= 4 is 5.97 Å². The third kappa shape index (κ3) is 3.66. The number of carbonyl (C=O) groups is 1. The van der Waals surface area contributed by atoms with Crippen LogP contribution in [-0.2, 0) is 9.53 Å². The van der Waals surface area contributed by atoms with Gasteiger partial charge in [-0.05, 0) is 12.0 Å². The van der Waals surface area contributed by atoms with E-state index in [0.717, 1.165) is 11.6 Å². The lowest BCUT2D eigenvalue weighted by atomic mass is 9.94. The number of rotatable bonds is 6. The van der Waals surface area contributed by atoms with Crippen LogP contribution in [0.2, 0.25) is 0 Å². The van der Waals surface area contributed by atoms with Crippen LogP contribution in [0, 0.1) is 5.92 Å². The third-order valence-corrected chi connectivity index (χ3v) is 3.42. The molecule has 0 saturated carbocycles. The van der Waals surface area contributed by atoms with Crippen molar-refractivity contribution < 1.29 is 19.7 Å². The molecule has 0 spiro atoms. The molecule has 1 aliphatic rings. The SMILES string of the molecule is C[C@H]([C@H]1O[C@@H]1c1ccccc1)[C@@H](O)C/C=C/C(=O)O. The molecule has 2 N–H and O–H groups in total. The van der Waals surface area contributed by atoms with Gasteiger partial charge in [-0.15, -0.1) is 0 Å². The van der Waals surface area contributed by atoms with Gasteiger partial charge in [-0.2, -0.15) is 0 Å². The molecule has 0 amide bonds. The lowest BCUT2D eigenvalue weighted by Gasteiger charge is -2.15. The predicted octanol–water partition coefficient (Wildman–Crippen LogP) is 2.15. The Kier molecular flexibility index (Phi) is 4.35. The third-order valence-electron chi connectivity index (χ3n) is 3.42. The van der Waals surface area contributed by atoms with Gasteiger partial charge < -0.3 is 14.9 Å². The van der Waals surface area contributed by atoms with E-state index in [2.05, 4.69) is 0 Å². The van der Waals surface area contributed by atoms with Crippen molar-refractivity contribution in [2.24, 2.45) is 5.92 Å². The molecule has 1 aromatic carbocycles. The van der Waals surface area contributed by atoms with E-state index in [4.69, 9.17) is 9.84 Å². The fraction of sp³-hybridized carbons (Fsp3) is 0.400. The summed E-state index contributed by atoms with van der Waals surface area (Å²) in [5, 5.41) is 18.5. The molecule has 4 heteroatoms. The molecule has 2 rings (SSSR count). The smallest absolute Gasteiger partial charge is 0.327 e. The van der Waals surface area contributed by atoms with E-state index < -0.39 is 12.1 Å². The van der Waals surface area contributed by atoms with Gasteiger partial charge in [-0.25, -0.2) is 4.79 Å². The lowest BCUT2D eigenvalue weighted by Crippen LogP contribution is -2.22. The van der Waals surface area contributed by atoms with Crippen molar-refractivity contribution in [2.45, 2.75) is 31.7 Å². The second-order valence-corrected chi connectivity index (χ2v) is 4.83. The maximum atomic E-state index is 10.3. The summed E-state index contributed by atoms with van der Waals surface area (Å²) in [4.78, 5) is 10.3. The van der Waals surface area contributed by atoms with Crippen molar-refractivity contribution in [2.75, 3.05) is 0 Å². The van der Waals surface area contributed by atoms with E-state index >= 15 is 0 Å². The normalized spacial score (nSPS) is 25.2. The first-order valence-electron chi connectivity index (χ1n) is 6.37. The van der Waals surface area contributed by atoms with Crippen molar-refractivity contribution in [3.05, 3.63) is 48.0 Å². The van der Waals surface area contributed by atoms with Gasteiger partial charge in [0, 0.05) is 12.0 Å². The summed E-state index contributed by atoms with van der Waals surface area (Å²) >= 11 is 0. The van der Waals surface area contributed by atoms with E-state index in [-0.39, 0.29) is 18.1 Å². The van der Waals surface area contributed by atoms with E-state index in [1.165, 1.54) is 6.08 Å². The fourth-order valence-electron chi connectivity index (χ4n) is 2.18.